The lowest BCUT2D eigenvalue weighted by atomic mass is 9.95. The second-order valence-electron chi connectivity index (χ2n) is 7.85. The Balaban J connectivity index is 1.26. The molecule has 1 N–H and O–H groups in total. The van der Waals surface area contributed by atoms with E-state index < -0.39 is 23.8 Å². The molecule has 1 fully saturated rings. The fourth-order valence-electron chi connectivity index (χ4n) is 4.20. The number of methoxy groups -OCH3 is 1. The van der Waals surface area contributed by atoms with Crippen LogP contribution < -0.4 is 14.8 Å². The summed E-state index contributed by atoms with van der Waals surface area (Å²) in [4.78, 5) is 34.0. The quantitative estimate of drug-likeness (QED) is 0.558. The zero-order valence-electron chi connectivity index (χ0n) is 17.7. The maximum Gasteiger partial charge on any atom is 0.320 e. The monoisotopic (exact) mass is 440 g/mol. The van der Waals surface area contributed by atoms with E-state index in [1.54, 1.807) is 12.1 Å². The van der Waals surface area contributed by atoms with E-state index in [-0.39, 0.29) is 6.79 Å². The van der Waals surface area contributed by atoms with Crippen molar-refractivity contribution >= 4 is 17.8 Å². The van der Waals surface area contributed by atoms with Crippen LogP contribution in [0.25, 0.3) is 0 Å². The van der Waals surface area contributed by atoms with Gasteiger partial charge in [-0.2, -0.15) is 0 Å². The highest BCUT2D eigenvalue weighted by molar-refractivity contribution is 6.08. The minimum atomic E-state index is -1.08. The lowest BCUT2D eigenvalue weighted by Gasteiger charge is -2.38. The number of fused-ring (bicyclic) bond motifs is 1. The molecule has 0 unspecified atom stereocenters. The number of furan rings is 1. The third-order valence-corrected chi connectivity index (χ3v) is 5.90. The SMILES string of the molecule is COC(=O)[C@H]1C(=O)NC(N2CCN(Cc3ccc4c(c3)OCO4)CC2)=N[C@H]1c1ccco1. The first-order chi connectivity index (χ1) is 15.6. The van der Waals surface area contributed by atoms with Crippen LogP contribution in [-0.4, -0.2) is 67.7 Å². The molecule has 32 heavy (non-hydrogen) atoms. The zero-order valence-corrected chi connectivity index (χ0v) is 17.7. The van der Waals surface area contributed by atoms with Crippen molar-refractivity contribution in [3.05, 3.63) is 47.9 Å². The van der Waals surface area contributed by atoms with E-state index in [9.17, 15) is 9.59 Å². The van der Waals surface area contributed by atoms with Gasteiger partial charge in [0.15, 0.2) is 17.4 Å². The molecule has 0 bridgehead atoms. The van der Waals surface area contributed by atoms with E-state index in [2.05, 4.69) is 15.2 Å². The predicted octanol–water partition coefficient (Wildman–Crippen LogP) is 1.14. The molecule has 2 aromatic rings. The lowest BCUT2D eigenvalue weighted by Crippen LogP contribution is -2.57. The molecule has 1 aromatic heterocycles. The van der Waals surface area contributed by atoms with E-state index in [0.29, 0.717) is 24.8 Å². The Morgan fingerprint density at radius 1 is 1.19 bits per heavy atom. The summed E-state index contributed by atoms with van der Waals surface area (Å²) in [5, 5.41) is 2.78. The molecule has 3 aliphatic heterocycles. The van der Waals surface area contributed by atoms with Crippen molar-refractivity contribution in [1.29, 1.82) is 0 Å². The van der Waals surface area contributed by atoms with Crippen LogP contribution in [0.1, 0.15) is 17.4 Å². The summed E-state index contributed by atoms with van der Waals surface area (Å²) < 4.78 is 21.1. The molecule has 10 nitrogen and oxygen atoms in total. The molecular formula is C22H24N4O6. The van der Waals surface area contributed by atoms with Gasteiger partial charge in [-0.05, 0) is 29.8 Å². The average Bonchev–Trinajstić information content (AvgIpc) is 3.50. The summed E-state index contributed by atoms with van der Waals surface area (Å²) in [6, 6.07) is 8.66. The number of guanidine groups is 1. The number of ether oxygens (including phenoxy) is 3. The number of benzene rings is 1. The lowest BCUT2D eigenvalue weighted by molar-refractivity contribution is -0.151. The number of piperazine rings is 1. The van der Waals surface area contributed by atoms with Gasteiger partial charge in [0.2, 0.25) is 18.7 Å². The summed E-state index contributed by atoms with van der Waals surface area (Å²) in [6.45, 7) is 4.04. The van der Waals surface area contributed by atoms with Crippen molar-refractivity contribution in [1.82, 2.24) is 15.1 Å². The highest BCUT2D eigenvalue weighted by atomic mass is 16.7. The normalized spacial score (nSPS) is 23.0. The molecule has 1 amide bonds. The van der Waals surface area contributed by atoms with Crippen molar-refractivity contribution in [3.63, 3.8) is 0 Å². The fraction of sp³-hybridized carbons (Fsp3) is 0.409. The van der Waals surface area contributed by atoms with Crippen molar-refractivity contribution < 1.29 is 28.2 Å². The van der Waals surface area contributed by atoms with E-state index >= 15 is 0 Å². The number of rotatable bonds is 4. The van der Waals surface area contributed by atoms with Crippen LogP contribution in [0, 0.1) is 5.92 Å². The fourth-order valence-corrected chi connectivity index (χ4v) is 4.20. The Labute approximate surface area is 184 Å². The van der Waals surface area contributed by atoms with Crippen molar-refractivity contribution in [2.75, 3.05) is 40.1 Å². The minimum absolute atomic E-state index is 0.265. The molecule has 0 aliphatic carbocycles. The Morgan fingerprint density at radius 2 is 2.00 bits per heavy atom. The van der Waals surface area contributed by atoms with Gasteiger partial charge < -0.3 is 23.5 Å². The van der Waals surface area contributed by atoms with Gasteiger partial charge in [-0.3, -0.25) is 19.8 Å². The van der Waals surface area contributed by atoms with Gasteiger partial charge in [-0.1, -0.05) is 6.07 Å². The molecule has 0 saturated carbocycles. The topological polar surface area (TPSA) is 106 Å². The Morgan fingerprint density at radius 3 is 2.75 bits per heavy atom. The first-order valence-corrected chi connectivity index (χ1v) is 10.5. The number of nitrogens with zero attached hydrogens (tertiary/aromatic N) is 3. The Hall–Kier alpha value is -3.53. The van der Waals surface area contributed by atoms with Crippen LogP contribution in [0.2, 0.25) is 0 Å². The third-order valence-electron chi connectivity index (χ3n) is 5.90. The van der Waals surface area contributed by atoms with Crippen LogP contribution in [0.15, 0.2) is 46.0 Å². The largest absolute Gasteiger partial charge is 0.468 e. The summed E-state index contributed by atoms with van der Waals surface area (Å²) in [7, 11) is 1.26. The molecule has 168 valence electrons. The number of carbonyl (C=O) groups excluding carboxylic acids is 2. The van der Waals surface area contributed by atoms with Crippen LogP contribution in [0.3, 0.4) is 0 Å². The molecule has 1 saturated heterocycles. The van der Waals surface area contributed by atoms with E-state index in [0.717, 1.165) is 36.7 Å². The number of hydrogen-bond donors (Lipinski definition) is 1. The van der Waals surface area contributed by atoms with Gasteiger partial charge in [-0.15, -0.1) is 0 Å². The van der Waals surface area contributed by atoms with Gasteiger partial charge in [0.05, 0.1) is 13.4 Å². The standard InChI is InChI=1S/C22H24N4O6/c1-29-21(28)18-19(16-3-2-10-30-16)23-22(24-20(18)27)26-8-6-25(7-9-26)12-14-4-5-15-17(11-14)32-13-31-15/h2-5,10-11,18-19H,6-9,12-13H2,1H3,(H,23,24,27)/t18-,19+/m1/s1. The second-order valence-corrected chi connectivity index (χ2v) is 7.85. The highest BCUT2D eigenvalue weighted by Gasteiger charge is 2.43. The predicted molar refractivity (Wildman–Crippen MR) is 112 cm³/mol. The molecule has 0 radical (unpaired) electrons. The van der Waals surface area contributed by atoms with Gasteiger partial charge in [-0.25, -0.2) is 4.99 Å². The molecule has 0 spiro atoms. The number of esters is 1. The molecule has 4 heterocycles. The average molecular weight is 440 g/mol. The molecule has 5 rings (SSSR count). The molecule has 1 aromatic carbocycles. The number of nitrogens with one attached hydrogen (secondary N) is 1. The van der Waals surface area contributed by atoms with Crippen molar-refractivity contribution in [3.8, 4) is 11.5 Å². The van der Waals surface area contributed by atoms with Crippen LogP contribution >= 0.6 is 0 Å². The highest BCUT2D eigenvalue weighted by Crippen LogP contribution is 2.33. The maximum absolute atomic E-state index is 12.8. The Kier molecular flexibility index (Phi) is 5.44. The van der Waals surface area contributed by atoms with E-state index in [1.165, 1.54) is 13.4 Å². The second kappa shape index (κ2) is 8.54. The first-order valence-electron chi connectivity index (χ1n) is 10.5. The van der Waals surface area contributed by atoms with Crippen LogP contribution in [-0.2, 0) is 20.9 Å². The molecule has 2 atom stereocenters. The van der Waals surface area contributed by atoms with Crippen molar-refractivity contribution in [2.24, 2.45) is 10.9 Å². The third kappa shape index (κ3) is 3.89. The molecule has 10 heteroatoms. The van der Waals surface area contributed by atoms with E-state index in [4.69, 9.17) is 18.6 Å². The summed E-state index contributed by atoms with van der Waals surface area (Å²) in [6.07, 6.45) is 1.50. The molecule has 3 aliphatic rings. The van der Waals surface area contributed by atoms with Crippen LogP contribution in [0.4, 0.5) is 0 Å². The summed E-state index contributed by atoms with van der Waals surface area (Å²) >= 11 is 0. The van der Waals surface area contributed by atoms with Crippen molar-refractivity contribution in [2.45, 2.75) is 12.6 Å². The summed E-state index contributed by atoms with van der Waals surface area (Å²) in [5.74, 6) is 0.312. The van der Waals surface area contributed by atoms with Gasteiger partial charge in [0.1, 0.15) is 11.8 Å². The van der Waals surface area contributed by atoms with Crippen LogP contribution in [0.5, 0.6) is 11.5 Å². The zero-order chi connectivity index (χ0) is 22.1. The van der Waals surface area contributed by atoms with Gasteiger partial charge >= 0.3 is 5.97 Å². The smallest absolute Gasteiger partial charge is 0.320 e. The number of amides is 1. The van der Waals surface area contributed by atoms with E-state index in [1.807, 2.05) is 23.1 Å². The first kappa shape index (κ1) is 20.4. The number of hydrogen-bond acceptors (Lipinski definition) is 9. The van der Waals surface area contributed by atoms with Gasteiger partial charge in [0.25, 0.3) is 0 Å². The number of carbonyl (C=O) groups is 2. The van der Waals surface area contributed by atoms with Gasteiger partial charge in [0, 0.05) is 32.7 Å². The molecular weight excluding hydrogens is 416 g/mol. The number of aliphatic imine (C=N–C) groups is 1. The minimum Gasteiger partial charge on any atom is -0.468 e. The Bertz CT molecular complexity index is 1030. The maximum atomic E-state index is 12.8. The summed E-state index contributed by atoms with van der Waals surface area (Å²) in [5.41, 5.74) is 1.16.